The Labute approximate surface area is 128 Å². The minimum Gasteiger partial charge on any atom is -0.469 e. The van der Waals surface area contributed by atoms with Crippen LogP contribution in [0, 0.1) is 10.1 Å². The van der Waals surface area contributed by atoms with Gasteiger partial charge >= 0.3 is 0 Å². The number of aryl methyl sites for hydroxylation is 1. The zero-order valence-electron chi connectivity index (χ0n) is 11.7. The molecule has 0 spiro atoms. The number of furan rings is 1. The molecule has 2 aromatic rings. The quantitative estimate of drug-likeness (QED) is 0.621. The minimum absolute atomic E-state index is 0.0563. The van der Waals surface area contributed by atoms with Crippen molar-refractivity contribution in [3.05, 3.63) is 63.1 Å². The van der Waals surface area contributed by atoms with Crippen LogP contribution in [0.1, 0.15) is 24.7 Å². The fourth-order valence-electron chi connectivity index (χ4n) is 2.02. The van der Waals surface area contributed by atoms with Gasteiger partial charge < -0.3 is 9.73 Å². The summed E-state index contributed by atoms with van der Waals surface area (Å²) in [5.74, 6) is 0.964. The highest BCUT2D eigenvalue weighted by Gasteiger charge is 2.13. The van der Waals surface area contributed by atoms with Crippen molar-refractivity contribution in [2.45, 2.75) is 32.4 Å². The number of hydrogen-bond donors (Lipinski definition) is 1. The number of rotatable bonds is 7. The van der Waals surface area contributed by atoms with Gasteiger partial charge in [0.1, 0.15) is 10.8 Å². The zero-order chi connectivity index (χ0) is 15.2. The standard InChI is InChI=1S/C15H17ClN2O3/c1-11(4-6-13-3-2-8-21-13)17-10-12-5-7-14(16)15(9-12)18(19)20/h2-3,5,7-9,11,17H,4,6,10H2,1H3. The third-order valence-corrected chi connectivity index (χ3v) is 3.59. The summed E-state index contributed by atoms with van der Waals surface area (Å²) in [5, 5.41) is 14.3. The lowest BCUT2D eigenvalue weighted by Gasteiger charge is -2.13. The maximum Gasteiger partial charge on any atom is 0.288 e. The van der Waals surface area contributed by atoms with E-state index in [2.05, 4.69) is 12.2 Å². The topological polar surface area (TPSA) is 68.3 Å². The van der Waals surface area contributed by atoms with Gasteiger partial charge in [-0.1, -0.05) is 17.7 Å². The first-order valence-electron chi connectivity index (χ1n) is 6.75. The highest BCUT2D eigenvalue weighted by atomic mass is 35.5. The molecule has 0 radical (unpaired) electrons. The van der Waals surface area contributed by atoms with Gasteiger partial charge in [-0.15, -0.1) is 0 Å². The SMILES string of the molecule is CC(CCc1ccco1)NCc1ccc(Cl)c([N+](=O)[O-])c1. The Morgan fingerprint density at radius 2 is 2.24 bits per heavy atom. The molecule has 0 saturated carbocycles. The van der Waals surface area contributed by atoms with Crippen LogP contribution < -0.4 is 5.32 Å². The highest BCUT2D eigenvalue weighted by Crippen LogP contribution is 2.25. The summed E-state index contributed by atoms with van der Waals surface area (Å²) in [6.45, 7) is 2.64. The van der Waals surface area contributed by atoms with E-state index < -0.39 is 4.92 Å². The molecule has 2 rings (SSSR count). The van der Waals surface area contributed by atoms with Crippen LogP contribution in [0.5, 0.6) is 0 Å². The lowest BCUT2D eigenvalue weighted by molar-refractivity contribution is -0.384. The smallest absolute Gasteiger partial charge is 0.288 e. The Bertz CT molecular complexity index is 599. The van der Waals surface area contributed by atoms with Crippen molar-refractivity contribution in [3.63, 3.8) is 0 Å². The van der Waals surface area contributed by atoms with Crippen LogP contribution in [0.15, 0.2) is 41.0 Å². The first-order valence-corrected chi connectivity index (χ1v) is 7.12. The Balaban J connectivity index is 1.84. The Morgan fingerprint density at radius 3 is 2.90 bits per heavy atom. The Hall–Kier alpha value is -1.85. The van der Waals surface area contributed by atoms with Crippen molar-refractivity contribution in [1.29, 1.82) is 0 Å². The summed E-state index contributed by atoms with van der Waals surface area (Å²) in [5.41, 5.74) is 0.787. The maximum absolute atomic E-state index is 10.8. The molecule has 0 fully saturated rings. The fraction of sp³-hybridized carbons (Fsp3) is 0.333. The number of nitrogens with one attached hydrogen (secondary N) is 1. The van der Waals surface area contributed by atoms with E-state index in [0.29, 0.717) is 6.54 Å². The van der Waals surface area contributed by atoms with Gasteiger partial charge in [-0.25, -0.2) is 0 Å². The summed E-state index contributed by atoms with van der Waals surface area (Å²) in [4.78, 5) is 10.4. The molecule has 6 heteroatoms. The van der Waals surface area contributed by atoms with Crippen molar-refractivity contribution in [2.75, 3.05) is 0 Å². The largest absolute Gasteiger partial charge is 0.469 e. The normalized spacial score (nSPS) is 12.3. The third kappa shape index (κ3) is 4.58. The van der Waals surface area contributed by atoms with E-state index in [-0.39, 0.29) is 16.8 Å². The molecule has 0 aliphatic carbocycles. The van der Waals surface area contributed by atoms with E-state index in [1.54, 1.807) is 18.4 Å². The molecule has 1 aromatic carbocycles. The van der Waals surface area contributed by atoms with E-state index >= 15 is 0 Å². The van der Waals surface area contributed by atoms with Crippen LogP contribution in [0.3, 0.4) is 0 Å². The molecular formula is C15H17ClN2O3. The van der Waals surface area contributed by atoms with Gasteiger partial charge in [-0.05, 0) is 37.1 Å². The first-order chi connectivity index (χ1) is 10.1. The van der Waals surface area contributed by atoms with E-state index in [1.165, 1.54) is 6.07 Å². The molecule has 1 aromatic heterocycles. The summed E-state index contributed by atoms with van der Waals surface area (Å²) in [7, 11) is 0. The van der Waals surface area contributed by atoms with Gasteiger partial charge in [0.05, 0.1) is 11.2 Å². The average Bonchev–Trinajstić information content (AvgIpc) is 2.97. The molecule has 1 heterocycles. The van der Waals surface area contributed by atoms with E-state index in [4.69, 9.17) is 16.0 Å². The second-order valence-electron chi connectivity index (χ2n) is 4.94. The van der Waals surface area contributed by atoms with E-state index in [0.717, 1.165) is 24.2 Å². The molecular weight excluding hydrogens is 292 g/mol. The fourth-order valence-corrected chi connectivity index (χ4v) is 2.20. The molecule has 0 amide bonds. The van der Waals surface area contributed by atoms with Crippen molar-refractivity contribution in [1.82, 2.24) is 5.32 Å². The minimum atomic E-state index is -0.466. The van der Waals surface area contributed by atoms with Crippen LogP contribution in [0.4, 0.5) is 5.69 Å². The molecule has 0 bridgehead atoms. The van der Waals surface area contributed by atoms with Crippen molar-refractivity contribution >= 4 is 17.3 Å². The first kappa shape index (κ1) is 15.5. The predicted molar refractivity (Wildman–Crippen MR) is 81.4 cm³/mol. The lowest BCUT2D eigenvalue weighted by atomic mass is 10.1. The van der Waals surface area contributed by atoms with Crippen LogP contribution >= 0.6 is 11.6 Å². The Morgan fingerprint density at radius 1 is 1.43 bits per heavy atom. The van der Waals surface area contributed by atoms with Gasteiger partial charge in [0.15, 0.2) is 0 Å². The molecule has 112 valence electrons. The number of nitrogens with zero attached hydrogens (tertiary/aromatic N) is 1. The monoisotopic (exact) mass is 308 g/mol. The summed E-state index contributed by atoms with van der Waals surface area (Å²) in [6, 6.07) is 8.97. The number of halogens is 1. The molecule has 1 N–H and O–H groups in total. The molecule has 21 heavy (non-hydrogen) atoms. The van der Waals surface area contributed by atoms with Crippen LogP contribution in [0.2, 0.25) is 5.02 Å². The van der Waals surface area contributed by atoms with Crippen LogP contribution in [0.25, 0.3) is 0 Å². The van der Waals surface area contributed by atoms with Crippen molar-refractivity contribution < 1.29 is 9.34 Å². The molecule has 0 aliphatic heterocycles. The molecule has 5 nitrogen and oxygen atoms in total. The predicted octanol–water partition coefficient (Wildman–Crippen LogP) is 3.95. The van der Waals surface area contributed by atoms with Gasteiger partial charge in [-0.2, -0.15) is 0 Å². The van der Waals surface area contributed by atoms with Crippen molar-refractivity contribution in [2.24, 2.45) is 0 Å². The number of nitro groups is 1. The number of hydrogen-bond acceptors (Lipinski definition) is 4. The lowest BCUT2D eigenvalue weighted by Crippen LogP contribution is -2.25. The van der Waals surface area contributed by atoms with Crippen molar-refractivity contribution in [3.8, 4) is 0 Å². The van der Waals surface area contributed by atoms with Gasteiger partial charge in [0.25, 0.3) is 5.69 Å². The maximum atomic E-state index is 10.8. The van der Waals surface area contributed by atoms with Crippen LogP contribution in [-0.4, -0.2) is 11.0 Å². The zero-order valence-corrected chi connectivity index (χ0v) is 12.5. The average molecular weight is 309 g/mol. The Kier molecular flexibility index (Phi) is 5.36. The molecule has 1 unspecified atom stereocenters. The summed E-state index contributed by atoms with van der Waals surface area (Å²) >= 11 is 5.79. The van der Waals surface area contributed by atoms with Gasteiger partial charge in [0.2, 0.25) is 0 Å². The van der Waals surface area contributed by atoms with Crippen LogP contribution in [-0.2, 0) is 13.0 Å². The second kappa shape index (κ2) is 7.24. The summed E-state index contributed by atoms with van der Waals surface area (Å²) < 4.78 is 5.28. The van der Waals surface area contributed by atoms with E-state index in [9.17, 15) is 10.1 Å². The molecule has 1 atom stereocenters. The number of benzene rings is 1. The van der Waals surface area contributed by atoms with Gasteiger partial charge in [-0.3, -0.25) is 10.1 Å². The molecule has 0 saturated heterocycles. The second-order valence-corrected chi connectivity index (χ2v) is 5.35. The third-order valence-electron chi connectivity index (χ3n) is 3.27. The summed E-state index contributed by atoms with van der Waals surface area (Å²) in [6.07, 6.45) is 3.46. The van der Waals surface area contributed by atoms with Gasteiger partial charge in [0, 0.05) is 25.1 Å². The number of nitro benzene ring substituents is 1. The highest BCUT2D eigenvalue weighted by molar-refractivity contribution is 6.32. The van der Waals surface area contributed by atoms with E-state index in [1.807, 2.05) is 12.1 Å². The molecule has 0 aliphatic rings.